The molecule has 0 radical (unpaired) electrons. The third-order valence-electron chi connectivity index (χ3n) is 6.25. The number of carbonyl (C=O) groups is 1. The minimum absolute atomic E-state index is 0.343. The molecule has 25 heavy (non-hydrogen) atoms. The molecule has 0 saturated carbocycles. The molecule has 1 aromatic heterocycles. The molecule has 1 amide bonds. The van der Waals surface area contributed by atoms with Crippen LogP contribution < -0.4 is 0 Å². The van der Waals surface area contributed by atoms with Crippen LogP contribution in [-0.2, 0) is 18.3 Å². The molecule has 0 N–H and O–H groups in total. The van der Waals surface area contributed by atoms with Gasteiger partial charge in [0.05, 0.1) is 0 Å². The summed E-state index contributed by atoms with van der Waals surface area (Å²) in [6.45, 7) is 2.12. The molecule has 3 heterocycles. The molecule has 2 fully saturated rings. The summed E-state index contributed by atoms with van der Waals surface area (Å²) in [6.07, 6.45) is 8.48. The zero-order valence-electron chi connectivity index (χ0n) is 15.4. The fourth-order valence-electron chi connectivity index (χ4n) is 4.90. The second-order valence-electron chi connectivity index (χ2n) is 7.77. The minimum atomic E-state index is 0.343. The number of fused-ring (bicyclic) bond motifs is 2. The van der Waals surface area contributed by atoms with Crippen molar-refractivity contribution in [2.24, 2.45) is 7.05 Å². The lowest BCUT2D eigenvalue weighted by Crippen LogP contribution is -2.44. The number of aryl methyl sites for hydroxylation is 2. The second-order valence-corrected chi connectivity index (χ2v) is 7.77. The summed E-state index contributed by atoms with van der Waals surface area (Å²) in [6, 6.07) is 9.48. The number of hydrogen-bond donors (Lipinski definition) is 0. The quantitative estimate of drug-likeness (QED) is 0.859. The summed E-state index contributed by atoms with van der Waals surface area (Å²) in [4.78, 5) is 17.6. The highest BCUT2D eigenvalue weighted by atomic mass is 16.2. The third-order valence-corrected chi connectivity index (χ3v) is 6.25. The molecule has 2 saturated heterocycles. The van der Waals surface area contributed by atoms with Gasteiger partial charge < -0.3 is 14.4 Å². The standard InChI is InChI=1S/C21H29N3O/c1-22-13-6-5-9-20-19(22)12-14-24(20)21(25)11-10-16-15-23(2)18-8-4-3-7-17(16)18/h3-4,7-8,15,19-20H,5-6,9-14H2,1-2H3/t19-,20-/m1/s1. The minimum Gasteiger partial charge on any atom is -0.350 e. The predicted molar refractivity (Wildman–Crippen MR) is 102 cm³/mol. The molecule has 1 aromatic carbocycles. The van der Waals surface area contributed by atoms with Gasteiger partial charge in [0.2, 0.25) is 5.91 Å². The number of para-hydroxylation sites is 1. The van der Waals surface area contributed by atoms with Crippen molar-refractivity contribution in [3.05, 3.63) is 36.0 Å². The number of carbonyl (C=O) groups excluding carboxylic acids is 1. The van der Waals surface area contributed by atoms with Crippen LogP contribution in [0.5, 0.6) is 0 Å². The normalized spacial score (nSPS) is 24.5. The van der Waals surface area contributed by atoms with Crippen LogP contribution >= 0.6 is 0 Å². The topological polar surface area (TPSA) is 28.5 Å². The Balaban J connectivity index is 1.45. The SMILES string of the molecule is CN1CCCC[C@@H]2[C@H]1CCN2C(=O)CCc1cn(C)c2ccccc12. The van der Waals surface area contributed by atoms with Crippen LogP contribution in [0.3, 0.4) is 0 Å². The summed E-state index contributed by atoms with van der Waals surface area (Å²) in [5.41, 5.74) is 2.54. The molecule has 4 nitrogen and oxygen atoms in total. The molecular formula is C21H29N3O. The van der Waals surface area contributed by atoms with Crippen LogP contribution in [0.2, 0.25) is 0 Å². The molecule has 2 atom stereocenters. The Morgan fingerprint density at radius 3 is 2.80 bits per heavy atom. The first-order valence-electron chi connectivity index (χ1n) is 9.68. The summed E-state index contributed by atoms with van der Waals surface area (Å²) in [7, 11) is 4.31. The van der Waals surface area contributed by atoms with E-state index in [9.17, 15) is 4.79 Å². The van der Waals surface area contributed by atoms with E-state index < -0.39 is 0 Å². The van der Waals surface area contributed by atoms with Crippen LogP contribution in [0.1, 0.15) is 37.7 Å². The molecule has 2 aliphatic heterocycles. The van der Waals surface area contributed by atoms with Crippen molar-refractivity contribution in [3.8, 4) is 0 Å². The number of rotatable bonds is 3. The van der Waals surface area contributed by atoms with Gasteiger partial charge >= 0.3 is 0 Å². The zero-order chi connectivity index (χ0) is 17.4. The Hall–Kier alpha value is -1.81. The Morgan fingerprint density at radius 2 is 1.92 bits per heavy atom. The first-order valence-corrected chi connectivity index (χ1v) is 9.68. The van der Waals surface area contributed by atoms with Gasteiger partial charge in [0.25, 0.3) is 0 Å². The lowest BCUT2D eigenvalue weighted by Gasteiger charge is -2.30. The monoisotopic (exact) mass is 339 g/mol. The highest BCUT2D eigenvalue weighted by Crippen LogP contribution is 2.30. The van der Waals surface area contributed by atoms with E-state index in [0.29, 0.717) is 24.4 Å². The summed E-state index contributed by atoms with van der Waals surface area (Å²) in [5, 5.41) is 1.28. The van der Waals surface area contributed by atoms with E-state index in [1.165, 1.54) is 42.3 Å². The number of hydrogen-bond acceptors (Lipinski definition) is 2. The molecule has 4 rings (SSSR count). The van der Waals surface area contributed by atoms with E-state index in [2.05, 4.69) is 58.9 Å². The number of likely N-dealkylation sites (N-methyl/N-ethyl adjacent to an activating group) is 1. The van der Waals surface area contributed by atoms with Crippen molar-refractivity contribution in [2.45, 2.75) is 50.6 Å². The fourth-order valence-corrected chi connectivity index (χ4v) is 4.90. The first-order chi connectivity index (χ1) is 12.1. The lowest BCUT2D eigenvalue weighted by atomic mass is 10.0. The summed E-state index contributed by atoms with van der Waals surface area (Å²) in [5.74, 6) is 0.343. The molecule has 0 spiro atoms. The van der Waals surface area contributed by atoms with E-state index in [-0.39, 0.29) is 0 Å². The maximum Gasteiger partial charge on any atom is 0.223 e. The van der Waals surface area contributed by atoms with Crippen molar-refractivity contribution in [1.29, 1.82) is 0 Å². The average Bonchev–Trinajstić information content (AvgIpc) is 3.13. The first kappa shape index (κ1) is 16.6. The largest absolute Gasteiger partial charge is 0.350 e. The van der Waals surface area contributed by atoms with Gasteiger partial charge in [-0.05, 0) is 50.9 Å². The number of aromatic nitrogens is 1. The van der Waals surface area contributed by atoms with Gasteiger partial charge in [0, 0.05) is 49.2 Å². The van der Waals surface area contributed by atoms with Gasteiger partial charge in [-0.25, -0.2) is 0 Å². The van der Waals surface area contributed by atoms with Crippen molar-refractivity contribution >= 4 is 16.8 Å². The van der Waals surface area contributed by atoms with Crippen LogP contribution in [0.4, 0.5) is 0 Å². The van der Waals surface area contributed by atoms with E-state index in [4.69, 9.17) is 0 Å². The molecule has 0 bridgehead atoms. The van der Waals surface area contributed by atoms with Gasteiger partial charge in [0.15, 0.2) is 0 Å². The molecule has 4 heteroatoms. The highest BCUT2D eigenvalue weighted by molar-refractivity contribution is 5.85. The second kappa shape index (κ2) is 6.83. The number of benzene rings is 1. The van der Waals surface area contributed by atoms with Gasteiger partial charge in [0.1, 0.15) is 0 Å². The van der Waals surface area contributed by atoms with Crippen LogP contribution in [0.25, 0.3) is 10.9 Å². The fraction of sp³-hybridized carbons (Fsp3) is 0.571. The maximum atomic E-state index is 12.9. The van der Waals surface area contributed by atoms with Crippen molar-refractivity contribution in [2.75, 3.05) is 20.1 Å². The van der Waals surface area contributed by atoms with Crippen molar-refractivity contribution < 1.29 is 4.79 Å². The molecule has 2 aromatic rings. The zero-order valence-corrected chi connectivity index (χ0v) is 15.4. The van der Waals surface area contributed by atoms with Gasteiger partial charge in [-0.3, -0.25) is 4.79 Å². The molecule has 0 aliphatic carbocycles. The number of nitrogens with zero attached hydrogens (tertiary/aromatic N) is 3. The predicted octanol–water partition coefficient (Wildman–Crippen LogP) is 3.20. The van der Waals surface area contributed by atoms with Crippen LogP contribution in [0, 0.1) is 0 Å². The maximum absolute atomic E-state index is 12.9. The summed E-state index contributed by atoms with van der Waals surface area (Å²) < 4.78 is 2.17. The van der Waals surface area contributed by atoms with Gasteiger partial charge in [-0.1, -0.05) is 24.6 Å². The van der Waals surface area contributed by atoms with Gasteiger partial charge in [-0.2, -0.15) is 0 Å². The molecule has 2 aliphatic rings. The van der Waals surface area contributed by atoms with Crippen molar-refractivity contribution in [3.63, 3.8) is 0 Å². The van der Waals surface area contributed by atoms with Gasteiger partial charge in [-0.15, -0.1) is 0 Å². The van der Waals surface area contributed by atoms with E-state index in [1.54, 1.807) is 0 Å². The molecule has 134 valence electrons. The Morgan fingerprint density at radius 1 is 1.08 bits per heavy atom. The number of amides is 1. The average molecular weight is 339 g/mol. The van der Waals surface area contributed by atoms with E-state index in [0.717, 1.165) is 19.4 Å². The van der Waals surface area contributed by atoms with E-state index >= 15 is 0 Å². The third kappa shape index (κ3) is 3.08. The summed E-state index contributed by atoms with van der Waals surface area (Å²) >= 11 is 0. The smallest absolute Gasteiger partial charge is 0.223 e. The molecular weight excluding hydrogens is 310 g/mol. The van der Waals surface area contributed by atoms with Crippen molar-refractivity contribution in [1.82, 2.24) is 14.4 Å². The van der Waals surface area contributed by atoms with Crippen LogP contribution in [-0.4, -0.2) is 52.5 Å². The number of likely N-dealkylation sites (tertiary alicyclic amines) is 2. The van der Waals surface area contributed by atoms with E-state index in [1.807, 2.05) is 0 Å². The Kier molecular flexibility index (Phi) is 4.55. The van der Waals surface area contributed by atoms with Crippen LogP contribution in [0.15, 0.2) is 30.5 Å². The lowest BCUT2D eigenvalue weighted by molar-refractivity contribution is -0.132. The highest BCUT2D eigenvalue weighted by Gasteiger charge is 2.39. The Bertz CT molecular complexity index is 766. The molecule has 0 unspecified atom stereocenters. The Labute approximate surface area is 150 Å².